The predicted molar refractivity (Wildman–Crippen MR) is 609 cm³/mol. The molecular weight excluding hydrogens is 1770 g/mol. The topological polar surface area (TPSA) is 26.3 Å². The van der Waals surface area contributed by atoms with Crippen molar-refractivity contribution in [2.45, 2.75) is 0 Å². The van der Waals surface area contributed by atoms with Crippen LogP contribution in [0.4, 0.5) is 0 Å². The summed E-state index contributed by atoms with van der Waals surface area (Å²) < 4.78 is 241. The molecule has 0 aliphatic heterocycles. The van der Waals surface area contributed by atoms with Gasteiger partial charge < -0.3 is 8.83 Å². The summed E-state index contributed by atoms with van der Waals surface area (Å²) in [4.78, 5) is 0. The molecule has 0 saturated carbocycles. The van der Waals surface area contributed by atoms with Crippen molar-refractivity contribution in [3.05, 3.63) is 473 Å². The van der Waals surface area contributed by atoms with Gasteiger partial charge in [-0.3, -0.25) is 0 Å². The number of fused-ring (bicyclic) bond motifs is 28. The first-order valence-corrected chi connectivity index (χ1v) is 49.1. The summed E-state index contributed by atoms with van der Waals surface area (Å²) in [7, 11) is 0. The quantitative estimate of drug-likeness (QED) is 0.142. The fourth-order valence-electron chi connectivity index (χ4n) is 21.6. The second kappa shape index (κ2) is 32.4. The minimum Gasteiger partial charge on any atom is -0.456 e. The Hall–Kier alpha value is -16.9. The second-order valence-electron chi connectivity index (χ2n) is 34.9. The third-order valence-electron chi connectivity index (χ3n) is 27.5. The van der Waals surface area contributed by atoms with E-state index in [4.69, 9.17) is 25.3 Å². The Kier molecular flexibility index (Phi) is 13.8. The highest BCUT2D eigenvalue weighted by Gasteiger charge is 2.28. The van der Waals surface area contributed by atoms with Gasteiger partial charge >= 0.3 is 0 Å². The third kappa shape index (κ3) is 12.5. The Morgan fingerprint density at radius 1 is 0.157 bits per heavy atom. The van der Waals surface area contributed by atoms with Crippen molar-refractivity contribution >= 4 is 256 Å². The molecule has 0 amide bonds. The smallest absolute Gasteiger partial charge is 0.143 e. The predicted octanol–water partition coefficient (Wildman–Crippen LogP) is 40.9. The lowest BCUT2D eigenvalue weighted by Crippen LogP contribution is -1.92. The van der Waals surface area contributed by atoms with Gasteiger partial charge in [0.05, 0.1) is 32.9 Å². The summed E-state index contributed by atoms with van der Waals surface area (Å²) in [5.41, 5.74) is 12.1. The highest BCUT2D eigenvalue weighted by molar-refractivity contribution is 7.27. The Morgan fingerprint density at radius 2 is 0.450 bits per heavy atom. The molecule has 0 saturated heterocycles. The van der Waals surface area contributed by atoms with Crippen molar-refractivity contribution in [3.8, 4) is 89.0 Å². The summed E-state index contributed by atoms with van der Waals surface area (Å²) >= 11 is 6.28. The van der Waals surface area contributed by atoms with Gasteiger partial charge in [-0.05, 0) is 201 Å². The van der Waals surface area contributed by atoms with E-state index in [0.29, 0.717) is 66.8 Å². The van der Waals surface area contributed by atoms with Crippen LogP contribution in [-0.4, -0.2) is 0 Å². The molecule has 0 bridgehead atoms. The second-order valence-corrected chi connectivity index (χ2v) is 39.2. The molecule has 650 valence electrons. The molecule has 6 heteroatoms. The average molecular weight is 1870 g/mol. The fourth-order valence-corrected chi connectivity index (χ4v) is 26.4. The first kappa shape index (κ1) is 59.8. The first-order valence-electron chi connectivity index (χ1n) is 57.8. The SMILES string of the molecule is [2H]c1c([2H])c([2H])c2c(-c3cc4oc5cc(-c6ccccc6)c6ccccc6c5c4c4ccccc34)c3c([2H])c([2H])c([2H])c([2H])c3c(-c3ccc(-c4cccc5c4oc4ccccc45)cc3)c2c1[2H].[2H]c1c([2H])c([2H])c2c(-c3cccc4c3sc3ccccc34)c3c([2H])c([2H])c([2H])c([2H])c3c(-c3ccc4c(c3)sc3ccccc34)c2c1[2H].[2H]c1c([2H])c([2H])c2c(-c3cccc4c3sc3ccccc34)c3c([2H])c([2H])c([2H])c([2H])c3c(-c3cccc4c3sc3ccccc34)c2c1[2H]. The molecule has 0 spiro atoms. The van der Waals surface area contributed by atoms with Crippen LogP contribution in [-0.2, 0) is 0 Å². The fraction of sp³-hybridized carbons (Fsp3) is 0. The molecule has 6 aromatic heterocycles. The van der Waals surface area contributed by atoms with Crippen LogP contribution < -0.4 is 0 Å². The zero-order valence-corrected chi connectivity index (χ0v) is 76.9. The van der Waals surface area contributed by atoms with E-state index >= 15 is 0 Å². The Balaban J connectivity index is 0.000000115. The molecule has 0 radical (unpaired) electrons. The van der Waals surface area contributed by atoms with E-state index in [9.17, 15) is 16.4 Å². The van der Waals surface area contributed by atoms with Gasteiger partial charge in [0, 0.05) is 124 Å². The molecule has 6 heterocycles. The van der Waals surface area contributed by atoms with E-state index < -0.39 is 72.5 Å². The average Bonchev–Trinajstić information content (AvgIpc) is 0.967. The summed E-state index contributed by atoms with van der Waals surface area (Å²) in [6, 6.07) is 98.6. The molecule has 0 N–H and O–H groups in total. The summed E-state index contributed by atoms with van der Waals surface area (Å²) in [6.07, 6.45) is 0. The number of thiophene rings is 4. The third-order valence-corrected chi connectivity index (χ3v) is 32.3. The monoisotopic (exact) mass is 1870 g/mol. The molecule has 0 aliphatic carbocycles. The van der Waals surface area contributed by atoms with Crippen LogP contribution in [0.25, 0.3) is 300 Å². The maximum atomic E-state index is 9.68. The largest absolute Gasteiger partial charge is 0.456 e. The summed E-state index contributed by atoms with van der Waals surface area (Å²) in [6.45, 7) is 0. The molecule has 0 fully saturated rings. The van der Waals surface area contributed by atoms with E-state index in [-0.39, 0.29) is 148 Å². The van der Waals surface area contributed by atoms with E-state index in [2.05, 4.69) is 42.5 Å². The Bertz CT molecular complexity index is 11800. The lowest BCUT2D eigenvalue weighted by Gasteiger charge is -2.19. The number of hydrogen-bond acceptors (Lipinski definition) is 6. The normalized spacial score (nSPS) is 14.4. The Labute approximate surface area is 854 Å². The first-order chi connectivity index (χ1) is 79.5. The zero-order valence-electron chi connectivity index (χ0n) is 97.6. The molecule has 0 unspecified atom stereocenters. The molecule has 0 aliphatic rings. The van der Waals surface area contributed by atoms with E-state index in [1.807, 2.05) is 285 Å². The van der Waals surface area contributed by atoms with Crippen molar-refractivity contribution in [2.24, 2.45) is 0 Å². The number of para-hydroxylation sites is 2. The van der Waals surface area contributed by atoms with Gasteiger partial charge in [-0.25, -0.2) is 0 Å². The maximum absolute atomic E-state index is 9.68. The number of hydrogen-bond donors (Lipinski definition) is 0. The van der Waals surface area contributed by atoms with Crippen LogP contribution in [0.5, 0.6) is 0 Å². The lowest BCUT2D eigenvalue weighted by atomic mass is 9.84. The molecular formula is C134H78O2S4. The van der Waals surface area contributed by atoms with Crippen LogP contribution in [0.15, 0.2) is 481 Å². The van der Waals surface area contributed by atoms with Gasteiger partial charge in [-0.15, -0.1) is 45.3 Å². The van der Waals surface area contributed by atoms with Gasteiger partial charge in [0.2, 0.25) is 0 Å². The molecule has 25 aromatic carbocycles. The summed E-state index contributed by atoms with van der Waals surface area (Å²) in [5.74, 6) is 0. The van der Waals surface area contributed by atoms with Crippen LogP contribution in [0, 0.1) is 0 Å². The van der Waals surface area contributed by atoms with Gasteiger partial charge in [-0.1, -0.05) is 424 Å². The number of furan rings is 2. The number of rotatable bonds is 8. The number of benzene rings is 25. The Morgan fingerprint density at radius 3 is 0.886 bits per heavy atom. The van der Waals surface area contributed by atoms with Crippen molar-refractivity contribution in [1.29, 1.82) is 0 Å². The lowest BCUT2D eigenvalue weighted by molar-refractivity contribution is 0.669. The van der Waals surface area contributed by atoms with Crippen LogP contribution >= 0.6 is 45.3 Å². The minimum absolute atomic E-state index is 0.136. The van der Waals surface area contributed by atoms with Gasteiger partial charge in [0.15, 0.2) is 0 Å². The van der Waals surface area contributed by atoms with Gasteiger partial charge in [0.1, 0.15) is 22.3 Å². The highest BCUT2D eigenvalue weighted by atomic mass is 32.1. The molecule has 2 nitrogen and oxygen atoms in total. The zero-order chi connectivity index (χ0) is 113. The molecule has 31 aromatic rings. The van der Waals surface area contributed by atoms with E-state index in [1.165, 1.54) is 0 Å². The standard InChI is InChI=1S/C58H34O2.2C38H22S2/c1-2-15-35(16-3-1)49-33-52-56(42-20-6-4-17-39(42)49)57-43-21-7-5-18-40(43)50(34-53(57)59-52)55-46-24-10-8-22-44(46)54(45-23-9-11-25-47(45)55)37-31-29-36(30-32-37)38-26-14-27-48-41-19-12-13-28-51(41)60-58(38)48;1-3-14-29-27(12-1)36(23-20-21-26-24-10-5-7-18-33(24)39-35(26)22-23)28-13-2-4-15-30(28)37(29)32-17-9-16-31-25-11-6-8-19-34(25)40-38(31)32;1-2-14-26-25(13-1)35(31-19-9-17-29-23-11-5-7-21-33(23)39-37(29)31)27-15-3-4-16-28(27)36(26)32-20-10-18-30-24-12-6-8-22-34(24)40-38(30)32/h1-34H;2*1-22H/i8D,9D,10D,11D,22D,23D,24D,25D;1D,2D,3D,4D,12D,13D,14D,15D;1D,2D,3D,4D,13D,14D,15D,16D. The van der Waals surface area contributed by atoms with E-state index in [1.54, 1.807) is 45.3 Å². The minimum atomic E-state index is -0.460. The van der Waals surface area contributed by atoms with Crippen LogP contribution in [0.3, 0.4) is 0 Å². The van der Waals surface area contributed by atoms with Crippen LogP contribution in [0.2, 0.25) is 0 Å². The van der Waals surface area contributed by atoms with Crippen molar-refractivity contribution in [3.63, 3.8) is 0 Å². The van der Waals surface area contributed by atoms with Gasteiger partial charge in [-0.2, -0.15) is 0 Å². The van der Waals surface area contributed by atoms with Crippen molar-refractivity contribution in [2.75, 3.05) is 0 Å². The highest BCUT2D eigenvalue weighted by Crippen LogP contribution is 2.56. The van der Waals surface area contributed by atoms with Crippen molar-refractivity contribution < 1.29 is 41.7 Å². The van der Waals surface area contributed by atoms with E-state index in [0.717, 1.165) is 157 Å². The molecule has 0 atom stereocenters. The van der Waals surface area contributed by atoms with Crippen molar-refractivity contribution in [1.82, 2.24) is 0 Å². The maximum Gasteiger partial charge on any atom is 0.143 e. The van der Waals surface area contributed by atoms with Gasteiger partial charge in [0.25, 0.3) is 0 Å². The van der Waals surface area contributed by atoms with Crippen LogP contribution in [0.1, 0.15) is 32.9 Å². The summed E-state index contributed by atoms with van der Waals surface area (Å²) in [5, 5.41) is 18.0. The molecule has 31 rings (SSSR count). The molecule has 140 heavy (non-hydrogen) atoms.